The first-order valence-electron chi connectivity index (χ1n) is 5.79. The third-order valence-electron chi connectivity index (χ3n) is 3.05. The fourth-order valence-corrected chi connectivity index (χ4v) is 3.99. The van der Waals surface area contributed by atoms with Crippen molar-refractivity contribution in [3.63, 3.8) is 0 Å². The quantitative estimate of drug-likeness (QED) is 0.779. The molecule has 0 saturated carbocycles. The van der Waals surface area contributed by atoms with E-state index < -0.39 is 32.7 Å². The summed E-state index contributed by atoms with van der Waals surface area (Å²) < 4.78 is 39.8. The van der Waals surface area contributed by atoms with Gasteiger partial charge in [0.15, 0.2) is 5.82 Å². The van der Waals surface area contributed by atoms with Gasteiger partial charge in [0, 0.05) is 18.8 Å². The van der Waals surface area contributed by atoms with Gasteiger partial charge < -0.3 is 11.1 Å². The Morgan fingerprint density at radius 2 is 2.15 bits per heavy atom. The van der Waals surface area contributed by atoms with Crippen molar-refractivity contribution in [2.45, 2.75) is 17.9 Å². The van der Waals surface area contributed by atoms with E-state index in [0.717, 1.165) is 16.4 Å². The van der Waals surface area contributed by atoms with Gasteiger partial charge in [-0.25, -0.2) is 12.8 Å². The average molecular weight is 322 g/mol. The Hall–Kier alpha value is -1.38. The van der Waals surface area contributed by atoms with Crippen LogP contribution >= 0.6 is 11.6 Å². The maximum atomic E-state index is 14.0. The van der Waals surface area contributed by atoms with Crippen LogP contribution in [0.3, 0.4) is 0 Å². The Morgan fingerprint density at radius 3 is 2.80 bits per heavy atom. The molecular weight excluding hydrogens is 309 g/mol. The number of nitrogens with one attached hydrogen (secondary N) is 1. The number of nitrogen functional groups attached to an aromatic ring is 1. The predicted octanol–water partition coefficient (Wildman–Crippen LogP) is 0.570. The Bertz CT molecular complexity index is 665. The lowest BCUT2D eigenvalue weighted by Gasteiger charge is -2.31. The van der Waals surface area contributed by atoms with Gasteiger partial charge in [0.05, 0.1) is 5.02 Å². The van der Waals surface area contributed by atoms with Gasteiger partial charge in [0.25, 0.3) is 0 Å². The average Bonchev–Trinajstić information content (AvgIpc) is 2.36. The zero-order valence-electron chi connectivity index (χ0n) is 10.6. The fraction of sp³-hybridized carbons (Fsp3) is 0.364. The first-order chi connectivity index (χ1) is 9.25. The molecule has 2 rings (SSSR count). The number of nitrogens with zero attached hydrogens (tertiary/aromatic N) is 1. The van der Waals surface area contributed by atoms with Gasteiger partial charge >= 0.3 is 0 Å². The molecule has 20 heavy (non-hydrogen) atoms. The highest BCUT2D eigenvalue weighted by Gasteiger charge is 2.37. The van der Waals surface area contributed by atoms with Crippen LogP contribution in [-0.4, -0.2) is 37.8 Å². The van der Waals surface area contributed by atoms with Crippen LogP contribution in [0.2, 0.25) is 5.02 Å². The summed E-state index contributed by atoms with van der Waals surface area (Å²) in [5, 5.41) is 2.16. The second kappa shape index (κ2) is 5.19. The van der Waals surface area contributed by atoms with E-state index >= 15 is 0 Å². The lowest BCUT2D eigenvalue weighted by molar-refractivity contribution is -0.126. The van der Waals surface area contributed by atoms with Crippen LogP contribution in [0.15, 0.2) is 17.0 Å². The highest BCUT2D eigenvalue weighted by atomic mass is 35.5. The second-order valence-corrected chi connectivity index (χ2v) is 6.66. The van der Waals surface area contributed by atoms with Crippen LogP contribution in [0.25, 0.3) is 0 Å². The number of rotatable bonds is 2. The van der Waals surface area contributed by atoms with Gasteiger partial charge in [-0.3, -0.25) is 4.79 Å². The molecule has 0 radical (unpaired) electrons. The minimum Gasteiger partial charge on any atom is -0.399 e. The number of carbonyl (C=O) groups is 1. The monoisotopic (exact) mass is 321 g/mol. The first-order valence-corrected chi connectivity index (χ1v) is 7.61. The molecule has 1 amide bonds. The summed E-state index contributed by atoms with van der Waals surface area (Å²) in [4.78, 5) is 10.9. The summed E-state index contributed by atoms with van der Waals surface area (Å²) in [7, 11) is -4.19. The Morgan fingerprint density at radius 1 is 1.50 bits per heavy atom. The first kappa shape index (κ1) is 15.0. The van der Waals surface area contributed by atoms with Gasteiger partial charge in [-0.15, -0.1) is 0 Å². The number of hydrogen-bond acceptors (Lipinski definition) is 4. The summed E-state index contributed by atoms with van der Waals surface area (Å²) in [6, 6.07) is 1.20. The molecule has 0 bridgehead atoms. The standard InChI is InChI=1S/C11H13ClFN3O3S/c1-6-11(17)15-2-3-16(6)20(18,19)9-5-7(14)4-8(12)10(9)13/h4-6H,2-3,14H2,1H3,(H,15,17). The molecule has 1 fully saturated rings. The summed E-state index contributed by atoms with van der Waals surface area (Å²) in [6.45, 7) is 1.65. The maximum absolute atomic E-state index is 14.0. The van der Waals surface area contributed by atoms with Crippen LogP contribution in [0, 0.1) is 5.82 Å². The molecule has 1 heterocycles. The number of carbonyl (C=O) groups excluding carboxylic acids is 1. The molecule has 110 valence electrons. The summed E-state index contributed by atoms with van der Waals surface area (Å²) in [5.74, 6) is -1.51. The van der Waals surface area contributed by atoms with E-state index in [4.69, 9.17) is 17.3 Å². The minimum absolute atomic E-state index is 0.0316. The van der Waals surface area contributed by atoms with Crippen LogP contribution in [0.4, 0.5) is 10.1 Å². The van der Waals surface area contributed by atoms with Crippen molar-refractivity contribution in [2.75, 3.05) is 18.8 Å². The normalized spacial score (nSPS) is 20.8. The van der Waals surface area contributed by atoms with E-state index in [2.05, 4.69) is 5.32 Å². The molecule has 0 spiro atoms. The molecule has 1 aromatic rings. The van der Waals surface area contributed by atoms with Crippen LogP contribution in [0.1, 0.15) is 6.92 Å². The molecule has 1 atom stereocenters. The number of sulfonamides is 1. The molecule has 0 aromatic heterocycles. The molecule has 3 N–H and O–H groups in total. The zero-order chi connectivity index (χ0) is 15.1. The van der Waals surface area contributed by atoms with Gasteiger partial charge in [0.2, 0.25) is 15.9 Å². The number of amides is 1. The lowest BCUT2D eigenvalue weighted by Crippen LogP contribution is -2.55. The Kier molecular flexibility index (Phi) is 3.90. The van der Waals surface area contributed by atoms with Gasteiger partial charge in [-0.1, -0.05) is 11.6 Å². The van der Waals surface area contributed by atoms with Crippen molar-refractivity contribution < 1.29 is 17.6 Å². The van der Waals surface area contributed by atoms with Crippen molar-refractivity contribution in [1.29, 1.82) is 0 Å². The van der Waals surface area contributed by atoms with Crippen molar-refractivity contribution in [3.8, 4) is 0 Å². The highest BCUT2D eigenvalue weighted by Crippen LogP contribution is 2.29. The topological polar surface area (TPSA) is 92.5 Å². The Labute approximate surface area is 120 Å². The molecular formula is C11H13ClFN3O3S. The number of piperazine rings is 1. The number of anilines is 1. The van der Waals surface area contributed by atoms with Gasteiger partial charge in [-0.05, 0) is 19.1 Å². The van der Waals surface area contributed by atoms with Crippen molar-refractivity contribution in [2.24, 2.45) is 0 Å². The van der Waals surface area contributed by atoms with E-state index in [1.54, 1.807) is 0 Å². The van der Waals surface area contributed by atoms with Crippen molar-refractivity contribution in [1.82, 2.24) is 9.62 Å². The van der Waals surface area contributed by atoms with E-state index in [9.17, 15) is 17.6 Å². The molecule has 6 nitrogen and oxygen atoms in total. The predicted molar refractivity (Wildman–Crippen MR) is 72.2 cm³/mol. The summed E-state index contributed by atoms with van der Waals surface area (Å²) in [5.41, 5.74) is 5.53. The van der Waals surface area contributed by atoms with Gasteiger partial charge in [-0.2, -0.15) is 4.31 Å². The number of halogens is 2. The largest absolute Gasteiger partial charge is 0.399 e. The SMILES string of the molecule is CC1C(=O)NCCN1S(=O)(=O)c1cc(N)cc(Cl)c1F. The molecule has 1 unspecified atom stereocenters. The van der Waals surface area contributed by atoms with Gasteiger partial charge in [0.1, 0.15) is 10.9 Å². The fourth-order valence-electron chi connectivity index (χ4n) is 1.99. The highest BCUT2D eigenvalue weighted by molar-refractivity contribution is 7.89. The third kappa shape index (κ3) is 2.46. The van der Waals surface area contributed by atoms with Crippen molar-refractivity contribution >= 4 is 33.2 Å². The van der Waals surface area contributed by atoms with E-state index in [0.29, 0.717) is 0 Å². The Balaban J connectivity index is 2.53. The second-order valence-electron chi connectivity index (χ2n) is 4.40. The smallest absolute Gasteiger partial charge is 0.246 e. The minimum atomic E-state index is -4.19. The number of benzene rings is 1. The third-order valence-corrected chi connectivity index (χ3v) is 5.29. The summed E-state index contributed by atoms with van der Waals surface area (Å²) >= 11 is 5.61. The molecule has 1 saturated heterocycles. The molecule has 9 heteroatoms. The molecule has 1 aliphatic heterocycles. The van der Waals surface area contributed by atoms with Crippen LogP contribution < -0.4 is 11.1 Å². The number of nitrogens with two attached hydrogens (primary N) is 1. The zero-order valence-corrected chi connectivity index (χ0v) is 12.1. The van der Waals surface area contributed by atoms with E-state index in [1.807, 2.05) is 0 Å². The lowest BCUT2D eigenvalue weighted by atomic mass is 10.2. The van der Waals surface area contributed by atoms with Crippen LogP contribution in [-0.2, 0) is 14.8 Å². The number of hydrogen-bond donors (Lipinski definition) is 2. The summed E-state index contributed by atoms with van der Waals surface area (Å²) in [6.07, 6.45) is 0. The van der Waals surface area contributed by atoms with Crippen LogP contribution in [0.5, 0.6) is 0 Å². The van der Waals surface area contributed by atoms with Crippen molar-refractivity contribution in [3.05, 3.63) is 23.0 Å². The maximum Gasteiger partial charge on any atom is 0.246 e. The van der Waals surface area contributed by atoms with E-state index in [-0.39, 0.29) is 23.8 Å². The molecule has 0 aliphatic carbocycles. The molecule has 1 aromatic carbocycles. The molecule has 1 aliphatic rings. The van der Waals surface area contributed by atoms with E-state index in [1.165, 1.54) is 6.92 Å².